The molecule has 0 spiro atoms. The summed E-state index contributed by atoms with van der Waals surface area (Å²) in [6.45, 7) is 11.9. The number of allylic oxidation sites excluding steroid dienone is 1. The van der Waals surface area contributed by atoms with E-state index in [1.54, 1.807) is 0 Å². The molecule has 4 heterocycles. The lowest BCUT2D eigenvalue weighted by Gasteiger charge is -2.41. The van der Waals surface area contributed by atoms with Crippen molar-refractivity contribution in [2.45, 2.75) is 38.4 Å². The summed E-state index contributed by atoms with van der Waals surface area (Å²) in [6, 6.07) is 10.3. The lowest BCUT2D eigenvalue weighted by atomic mass is 9.86. The lowest BCUT2D eigenvalue weighted by molar-refractivity contribution is 0.0350. The predicted molar refractivity (Wildman–Crippen MR) is 147 cm³/mol. The zero-order chi connectivity index (χ0) is 24.7. The molecule has 5 rings (SSSR count). The van der Waals surface area contributed by atoms with Crippen LogP contribution in [0.15, 0.2) is 42.6 Å². The highest BCUT2D eigenvalue weighted by molar-refractivity contribution is 7.80. The minimum Gasteiger partial charge on any atom is -0.379 e. The highest BCUT2D eigenvalue weighted by Gasteiger charge is 2.41. The smallest absolute Gasteiger partial charge is 0.170 e. The Bertz CT molecular complexity index is 1130. The fraction of sp³-hybridized carbons (Fsp3) is 0.481. The third-order valence-corrected chi connectivity index (χ3v) is 8.29. The predicted octanol–water partition coefficient (Wildman–Crippen LogP) is 4.67. The van der Waals surface area contributed by atoms with Crippen molar-refractivity contribution in [1.29, 1.82) is 0 Å². The first-order valence-electron chi connectivity index (χ1n) is 12.3. The normalized spacial score (nSPS) is 24.3. The van der Waals surface area contributed by atoms with Crippen LogP contribution >= 0.6 is 23.8 Å². The van der Waals surface area contributed by atoms with Gasteiger partial charge in [0.05, 0.1) is 36.5 Å². The third-order valence-electron chi connectivity index (χ3n) is 7.61. The van der Waals surface area contributed by atoms with E-state index in [9.17, 15) is 0 Å². The Kier molecular flexibility index (Phi) is 6.79. The first-order chi connectivity index (χ1) is 16.8. The first-order valence-corrected chi connectivity index (χ1v) is 13.1. The molecule has 2 atom stereocenters. The van der Waals surface area contributed by atoms with Crippen molar-refractivity contribution in [2.75, 3.05) is 51.3 Å². The van der Waals surface area contributed by atoms with Gasteiger partial charge in [-0.05, 0) is 68.4 Å². The molecule has 0 bridgehead atoms. The number of aromatic nitrogens is 1. The summed E-state index contributed by atoms with van der Waals surface area (Å²) >= 11 is 12.9. The number of pyridine rings is 1. The van der Waals surface area contributed by atoms with Crippen LogP contribution in [0.3, 0.4) is 0 Å². The fourth-order valence-corrected chi connectivity index (χ4v) is 6.07. The molecule has 1 N–H and O–H groups in total. The maximum Gasteiger partial charge on any atom is 0.170 e. The average Bonchev–Trinajstić information content (AvgIpc) is 3.18. The number of morpholine rings is 1. The monoisotopic (exact) mass is 511 g/mol. The average molecular weight is 512 g/mol. The molecule has 1 aromatic heterocycles. The Morgan fingerprint density at radius 3 is 2.69 bits per heavy atom. The Hall–Kier alpha value is -2.19. The molecular formula is C27H34ClN5OS. The van der Waals surface area contributed by atoms with Gasteiger partial charge in [-0.2, -0.15) is 0 Å². The number of fused-ring (bicyclic) bond motifs is 1. The Morgan fingerprint density at radius 1 is 1.20 bits per heavy atom. The van der Waals surface area contributed by atoms with E-state index in [-0.39, 0.29) is 17.6 Å². The number of likely N-dealkylation sites (N-methyl/N-ethyl adjacent to an activating group) is 1. The summed E-state index contributed by atoms with van der Waals surface area (Å²) in [5.74, 6) is 0. The van der Waals surface area contributed by atoms with Crippen LogP contribution in [0, 0.1) is 0 Å². The van der Waals surface area contributed by atoms with E-state index >= 15 is 0 Å². The summed E-state index contributed by atoms with van der Waals surface area (Å²) in [6.07, 6.45) is 4.17. The van der Waals surface area contributed by atoms with Crippen LogP contribution in [0.1, 0.15) is 49.7 Å². The van der Waals surface area contributed by atoms with Crippen molar-refractivity contribution in [2.24, 2.45) is 0 Å². The molecule has 2 fully saturated rings. The number of halogens is 1. The largest absolute Gasteiger partial charge is 0.379 e. The summed E-state index contributed by atoms with van der Waals surface area (Å²) in [4.78, 5) is 11.7. The number of thiocarbonyl (C=S) groups is 1. The molecule has 8 heteroatoms. The summed E-state index contributed by atoms with van der Waals surface area (Å²) in [5.41, 5.74) is 5.62. The maximum atomic E-state index is 7.07. The molecule has 0 saturated carbocycles. The van der Waals surface area contributed by atoms with Gasteiger partial charge in [0.15, 0.2) is 5.11 Å². The number of ether oxygens (including phenoxy) is 1. The van der Waals surface area contributed by atoms with E-state index in [2.05, 4.69) is 77.1 Å². The third kappa shape index (κ3) is 4.67. The molecule has 6 nitrogen and oxygen atoms in total. The maximum absolute atomic E-state index is 7.07. The van der Waals surface area contributed by atoms with Crippen LogP contribution in [0.2, 0.25) is 5.02 Å². The molecule has 3 aliphatic heterocycles. The van der Waals surface area contributed by atoms with Crippen molar-refractivity contribution in [3.8, 4) is 0 Å². The van der Waals surface area contributed by atoms with Crippen LogP contribution in [0.5, 0.6) is 0 Å². The van der Waals surface area contributed by atoms with Crippen LogP contribution in [0.4, 0.5) is 5.69 Å². The fourth-order valence-electron chi connectivity index (χ4n) is 5.47. The van der Waals surface area contributed by atoms with Crippen LogP contribution < -0.4 is 10.2 Å². The Morgan fingerprint density at radius 2 is 1.97 bits per heavy atom. The quantitative estimate of drug-likeness (QED) is 0.585. The van der Waals surface area contributed by atoms with E-state index < -0.39 is 0 Å². The van der Waals surface area contributed by atoms with Crippen LogP contribution in [-0.2, 0) is 4.74 Å². The van der Waals surface area contributed by atoms with E-state index in [4.69, 9.17) is 28.6 Å². The molecule has 35 heavy (non-hydrogen) atoms. The zero-order valence-corrected chi connectivity index (χ0v) is 22.5. The van der Waals surface area contributed by atoms with E-state index in [0.29, 0.717) is 0 Å². The second-order valence-corrected chi connectivity index (χ2v) is 11.0. The van der Waals surface area contributed by atoms with Crippen molar-refractivity contribution in [3.05, 3.63) is 64.4 Å². The molecule has 0 unspecified atom stereocenters. The van der Waals surface area contributed by atoms with Gasteiger partial charge in [0.25, 0.3) is 0 Å². The molecular weight excluding hydrogens is 478 g/mol. The number of hydrogen-bond acceptors (Lipinski definition) is 5. The second kappa shape index (κ2) is 9.69. The van der Waals surface area contributed by atoms with Gasteiger partial charge < -0.3 is 19.9 Å². The van der Waals surface area contributed by atoms with Gasteiger partial charge in [-0.25, -0.2) is 0 Å². The molecule has 2 aromatic rings. The number of rotatable bonds is 5. The van der Waals surface area contributed by atoms with Gasteiger partial charge in [-0.1, -0.05) is 23.7 Å². The van der Waals surface area contributed by atoms with Crippen LogP contribution in [-0.4, -0.2) is 71.9 Å². The minimum absolute atomic E-state index is 0.0516. The van der Waals surface area contributed by atoms with Gasteiger partial charge >= 0.3 is 0 Å². The summed E-state index contributed by atoms with van der Waals surface area (Å²) < 4.78 is 5.53. The number of nitrogens with zero attached hydrogens (tertiary/aromatic N) is 4. The van der Waals surface area contributed by atoms with Gasteiger partial charge in [-0.3, -0.25) is 9.88 Å². The molecule has 2 saturated heterocycles. The molecule has 186 valence electrons. The van der Waals surface area contributed by atoms with Gasteiger partial charge in [0.1, 0.15) is 0 Å². The lowest BCUT2D eigenvalue weighted by Crippen LogP contribution is -2.43. The number of anilines is 1. The van der Waals surface area contributed by atoms with Crippen molar-refractivity contribution in [1.82, 2.24) is 20.1 Å². The molecule has 0 radical (unpaired) electrons. The molecule has 3 aliphatic rings. The number of benzene rings is 1. The SMILES string of the molecule is CC1=CC(C)(C)N(C)c2cc(Cl)c([C@@H]3[C@H](c4ccccn4)NC(=S)N3CCN3CCOCC3)cc21. The topological polar surface area (TPSA) is 43.9 Å². The molecule has 0 amide bonds. The van der Waals surface area contributed by atoms with Gasteiger partial charge in [0.2, 0.25) is 0 Å². The minimum atomic E-state index is -0.0778. The zero-order valence-electron chi connectivity index (χ0n) is 20.9. The Balaban J connectivity index is 1.55. The van der Waals surface area contributed by atoms with Crippen molar-refractivity contribution >= 4 is 40.2 Å². The summed E-state index contributed by atoms with van der Waals surface area (Å²) in [7, 11) is 2.13. The first kappa shape index (κ1) is 24.5. The van der Waals surface area contributed by atoms with Crippen molar-refractivity contribution < 1.29 is 4.74 Å². The molecule has 0 aliphatic carbocycles. The van der Waals surface area contributed by atoms with Gasteiger partial charge in [-0.15, -0.1) is 0 Å². The second-order valence-electron chi connectivity index (χ2n) is 10.2. The molecule has 1 aromatic carbocycles. The summed E-state index contributed by atoms with van der Waals surface area (Å²) in [5, 5.41) is 5.07. The van der Waals surface area contributed by atoms with Crippen LogP contribution in [0.25, 0.3) is 5.57 Å². The number of hydrogen-bond donors (Lipinski definition) is 1. The van der Waals surface area contributed by atoms with E-state index in [1.807, 2.05) is 18.3 Å². The van der Waals surface area contributed by atoms with E-state index in [1.165, 1.54) is 11.1 Å². The number of nitrogens with one attached hydrogen (secondary N) is 1. The Labute approximate surface area is 218 Å². The van der Waals surface area contributed by atoms with Gasteiger partial charge in [0, 0.05) is 55.7 Å². The standard InChI is InChI=1S/C27H34ClN5OS/c1-18-17-27(2,3)31(4)23-16-21(28)20(15-19(18)23)25-24(22-7-5-6-8-29-22)30-26(35)33(25)10-9-32-11-13-34-14-12-32/h5-8,15-17,24-25H,9-14H2,1-4H3,(H,30,35)/t24-,25+/m0/s1. The van der Waals surface area contributed by atoms with E-state index in [0.717, 1.165) is 66.5 Å². The highest BCUT2D eigenvalue weighted by Crippen LogP contribution is 2.46. The van der Waals surface area contributed by atoms with Crippen molar-refractivity contribution in [3.63, 3.8) is 0 Å². The highest BCUT2D eigenvalue weighted by atomic mass is 35.5.